The van der Waals surface area contributed by atoms with E-state index in [1.807, 2.05) is 0 Å². The quantitative estimate of drug-likeness (QED) is 0.581. The Kier molecular flexibility index (Phi) is 1.93. The van der Waals surface area contributed by atoms with Gasteiger partial charge in [0.1, 0.15) is 5.75 Å². The van der Waals surface area contributed by atoms with Crippen molar-refractivity contribution < 1.29 is 5.11 Å². The molecule has 10 heavy (non-hydrogen) atoms. The number of phenols is 1. The molecule has 1 nitrogen and oxygen atoms in total. The average Bonchev–Trinajstić information content (AvgIpc) is 1.95. The van der Waals surface area contributed by atoms with Gasteiger partial charge in [0.15, 0.2) is 0 Å². The van der Waals surface area contributed by atoms with Crippen molar-refractivity contribution in [3.05, 3.63) is 42.1 Å². The Morgan fingerprint density at radius 1 is 1.30 bits per heavy atom. The predicted molar refractivity (Wildman–Crippen MR) is 41.7 cm³/mol. The summed E-state index contributed by atoms with van der Waals surface area (Å²) in [6.45, 7) is 3.44. The summed E-state index contributed by atoms with van der Waals surface area (Å²) in [5.74, 6) is 0.279. The topological polar surface area (TPSA) is 20.2 Å². The van der Waals surface area contributed by atoms with Crippen molar-refractivity contribution in [2.24, 2.45) is 0 Å². The van der Waals surface area contributed by atoms with Gasteiger partial charge in [0.2, 0.25) is 0 Å². The molecule has 1 rings (SSSR count). The van der Waals surface area contributed by atoms with Crippen molar-refractivity contribution in [2.75, 3.05) is 0 Å². The zero-order valence-electron chi connectivity index (χ0n) is 5.54. The third-order valence-corrected chi connectivity index (χ3v) is 1.16. The van der Waals surface area contributed by atoms with E-state index in [1.54, 1.807) is 30.3 Å². The lowest BCUT2D eigenvalue weighted by molar-refractivity contribution is 0.475. The first-order chi connectivity index (χ1) is 4.83. The van der Waals surface area contributed by atoms with E-state index in [1.165, 1.54) is 0 Å². The van der Waals surface area contributed by atoms with Crippen LogP contribution in [0, 0.1) is 0 Å². The van der Waals surface area contributed by atoms with Crippen LogP contribution in [0.4, 0.5) is 0 Å². The summed E-state index contributed by atoms with van der Waals surface area (Å²) >= 11 is 0. The molecule has 0 radical (unpaired) electrons. The van der Waals surface area contributed by atoms with Crippen LogP contribution in [0.15, 0.2) is 36.6 Å². The van der Waals surface area contributed by atoms with Crippen molar-refractivity contribution in [1.82, 2.24) is 0 Å². The first-order valence-electron chi connectivity index (χ1n) is 2.98. The van der Waals surface area contributed by atoms with E-state index in [-0.39, 0.29) is 5.75 Å². The van der Waals surface area contributed by atoms with Gasteiger partial charge in [-0.3, -0.25) is 0 Å². The minimum atomic E-state index is 0.279. The summed E-state index contributed by atoms with van der Waals surface area (Å²) in [5, 5.41) is 8.87. The first kappa shape index (κ1) is 6.66. The second kappa shape index (κ2) is 2.90. The van der Waals surface area contributed by atoms with Gasteiger partial charge in [-0.25, -0.2) is 0 Å². The molecule has 0 aromatic heterocycles. The lowest BCUT2D eigenvalue weighted by Crippen LogP contribution is -1.67. The van der Waals surface area contributed by atoms with Gasteiger partial charge >= 0.3 is 0 Å². The smallest absolute Gasteiger partial charge is 0.115 e. The van der Waals surface area contributed by atoms with E-state index in [0.717, 1.165) is 5.56 Å². The molecule has 0 spiro atoms. The lowest BCUT2D eigenvalue weighted by atomic mass is 10.2. The summed E-state index contributed by atoms with van der Waals surface area (Å²) in [6, 6.07) is 6.85. The van der Waals surface area contributed by atoms with Gasteiger partial charge in [0.05, 0.1) is 0 Å². The van der Waals surface area contributed by atoms with Gasteiger partial charge in [-0.1, -0.05) is 18.7 Å². The standard InChI is InChI=1S/C9H8O/c1-2-3-8-4-6-9(10)7-5-8/h3-7,10H,1H2. The molecule has 0 saturated carbocycles. The van der Waals surface area contributed by atoms with Gasteiger partial charge in [0.25, 0.3) is 0 Å². The van der Waals surface area contributed by atoms with Gasteiger partial charge in [-0.2, -0.15) is 0 Å². The fourth-order valence-corrected chi connectivity index (χ4v) is 0.688. The monoisotopic (exact) mass is 132 g/mol. The molecule has 0 aliphatic heterocycles. The zero-order chi connectivity index (χ0) is 7.40. The molecule has 0 aliphatic carbocycles. The maximum Gasteiger partial charge on any atom is 0.115 e. The van der Waals surface area contributed by atoms with E-state index in [9.17, 15) is 0 Å². The van der Waals surface area contributed by atoms with Gasteiger partial charge in [0, 0.05) is 0 Å². The maximum absolute atomic E-state index is 8.87. The Morgan fingerprint density at radius 2 is 1.90 bits per heavy atom. The first-order valence-corrected chi connectivity index (χ1v) is 2.98. The molecule has 0 heterocycles. The maximum atomic E-state index is 8.87. The number of phenolic OH excluding ortho intramolecular Hbond substituents is 1. The molecule has 0 unspecified atom stereocenters. The molecular formula is C9H8O. The molecule has 0 saturated heterocycles. The largest absolute Gasteiger partial charge is 0.508 e. The Balaban J connectivity index is 3.00. The Bertz CT molecular complexity index is 253. The fraction of sp³-hybridized carbons (Fsp3) is 0. The Morgan fingerprint density at radius 3 is 2.40 bits per heavy atom. The molecule has 1 N–H and O–H groups in total. The highest BCUT2D eigenvalue weighted by Crippen LogP contribution is 2.09. The summed E-state index contributed by atoms with van der Waals surface area (Å²) in [4.78, 5) is 0. The highest BCUT2D eigenvalue weighted by Gasteiger charge is 1.85. The van der Waals surface area contributed by atoms with Crippen LogP contribution < -0.4 is 0 Å². The molecule has 50 valence electrons. The van der Waals surface area contributed by atoms with Gasteiger partial charge in [-0.05, 0) is 23.8 Å². The molecule has 0 fully saturated rings. The third kappa shape index (κ3) is 1.51. The van der Waals surface area contributed by atoms with Crippen LogP contribution in [0.2, 0.25) is 0 Å². The Labute approximate surface area is 59.9 Å². The SMILES string of the molecule is C=C=Cc1ccc(O)cc1. The van der Waals surface area contributed by atoms with Crippen LogP contribution in [-0.4, -0.2) is 5.11 Å². The number of hydrogen-bond acceptors (Lipinski definition) is 1. The number of rotatable bonds is 1. The van der Waals surface area contributed by atoms with E-state index >= 15 is 0 Å². The molecule has 0 atom stereocenters. The molecule has 1 aromatic carbocycles. The van der Waals surface area contributed by atoms with Crippen molar-refractivity contribution in [1.29, 1.82) is 0 Å². The normalized spacial score (nSPS) is 8.40. The van der Waals surface area contributed by atoms with Crippen LogP contribution in [0.5, 0.6) is 5.75 Å². The second-order valence-corrected chi connectivity index (χ2v) is 1.94. The Hall–Kier alpha value is -1.46. The van der Waals surface area contributed by atoms with E-state index in [0.29, 0.717) is 0 Å². The van der Waals surface area contributed by atoms with E-state index in [4.69, 9.17) is 5.11 Å². The highest BCUT2D eigenvalue weighted by atomic mass is 16.3. The molecule has 1 heteroatoms. The third-order valence-electron chi connectivity index (χ3n) is 1.16. The summed E-state index contributed by atoms with van der Waals surface area (Å²) in [7, 11) is 0. The molecular weight excluding hydrogens is 124 g/mol. The number of hydrogen-bond donors (Lipinski definition) is 1. The summed E-state index contributed by atoms with van der Waals surface area (Å²) in [6.07, 6.45) is 1.75. The van der Waals surface area contributed by atoms with Crippen molar-refractivity contribution in [3.63, 3.8) is 0 Å². The van der Waals surface area contributed by atoms with E-state index < -0.39 is 0 Å². The fourth-order valence-electron chi connectivity index (χ4n) is 0.688. The van der Waals surface area contributed by atoms with Crippen molar-refractivity contribution in [3.8, 4) is 5.75 Å². The van der Waals surface area contributed by atoms with Gasteiger partial charge < -0.3 is 5.11 Å². The average molecular weight is 132 g/mol. The number of benzene rings is 1. The van der Waals surface area contributed by atoms with Crippen LogP contribution in [0.25, 0.3) is 6.08 Å². The van der Waals surface area contributed by atoms with Crippen LogP contribution in [0.3, 0.4) is 0 Å². The second-order valence-electron chi connectivity index (χ2n) is 1.94. The highest BCUT2D eigenvalue weighted by molar-refractivity contribution is 5.49. The van der Waals surface area contributed by atoms with Crippen LogP contribution in [-0.2, 0) is 0 Å². The van der Waals surface area contributed by atoms with Crippen molar-refractivity contribution >= 4 is 6.08 Å². The summed E-state index contributed by atoms with van der Waals surface area (Å²) < 4.78 is 0. The minimum absolute atomic E-state index is 0.279. The van der Waals surface area contributed by atoms with Crippen LogP contribution in [0.1, 0.15) is 5.56 Å². The molecule has 1 aromatic rings. The van der Waals surface area contributed by atoms with Crippen molar-refractivity contribution in [2.45, 2.75) is 0 Å². The van der Waals surface area contributed by atoms with Gasteiger partial charge in [-0.15, -0.1) is 5.73 Å². The molecule has 0 aliphatic rings. The number of aromatic hydroxyl groups is 1. The minimum Gasteiger partial charge on any atom is -0.508 e. The zero-order valence-corrected chi connectivity index (χ0v) is 5.54. The van der Waals surface area contributed by atoms with E-state index in [2.05, 4.69) is 12.3 Å². The molecule has 0 amide bonds. The summed E-state index contributed by atoms with van der Waals surface area (Å²) in [5.41, 5.74) is 3.64. The lowest BCUT2D eigenvalue weighted by Gasteiger charge is -1.90. The predicted octanol–water partition coefficient (Wildman–Crippen LogP) is 2.19. The van der Waals surface area contributed by atoms with Crippen LogP contribution >= 0.6 is 0 Å². The molecule has 0 bridgehead atoms.